The molecular weight excluding hydrogens is 270 g/mol. The first-order valence-electron chi connectivity index (χ1n) is 6.76. The average Bonchev–Trinajstić information content (AvgIpc) is 2.94. The topological polar surface area (TPSA) is 31.2 Å². The normalized spacial score (nSPS) is 13.2. The Morgan fingerprint density at radius 2 is 2.05 bits per heavy atom. The van der Waals surface area contributed by atoms with E-state index >= 15 is 0 Å². The highest BCUT2D eigenvalue weighted by molar-refractivity contribution is 7.98. The first-order chi connectivity index (χ1) is 9.76. The van der Waals surface area contributed by atoms with E-state index in [0.29, 0.717) is 0 Å². The van der Waals surface area contributed by atoms with Gasteiger partial charge in [-0.1, -0.05) is 12.1 Å². The Hall–Kier alpha value is -1.68. The predicted molar refractivity (Wildman–Crippen MR) is 81.6 cm³/mol. The molecule has 0 spiro atoms. The Kier molecular flexibility index (Phi) is 3.83. The maximum atomic E-state index is 12.0. The number of pyridine rings is 1. The molecule has 2 aromatic rings. The van der Waals surface area contributed by atoms with Crippen molar-refractivity contribution in [3.63, 3.8) is 0 Å². The van der Waals surface area contributed by atoms with E-state index in [1.807, 2.05) is 16.7 Å². The van der Waals surface area contributed by atoms with E-state index in [0.717, 1.165) is 35.8 Å². The summed E-state index contributed by atoms with van der Waals surface area (Å²) in [5.41, 5.74) is 2.54. The molecule has 1 aliphatic heterocycles. The fourth-order valence-electron chi connectivity index (χ4n) is 2.48. The van der Waals surface area contributed by atoms with Crippen LogP contribution in [0.2, 0.25) is 0 Å². The highest BCUT2D eigenvalue weighted by atomic mass is 32.2. The quantitative estimate of drug-likeness (QED) is 0.810. The van der Waals surface area contributed by atoms with Gasteiger partial charge in [-0.25, -0.2) is 0 Å². The van der Waals surface area contributed by atoms with Gasteiger partial charge in [0.05, 0.1) is 7.11 Å². The minimum Gasteiger partial charge on any atom is -0.497 e. The molecule has 0 unspecified atom stereocenters. The molecule has 0 aliphatic carbocycles. The van der Waals surface area contributed by atoms with Crippen molar-refractivity contribution in [1.29, 1.82) is 0 Å². The van der Waals surface area contributed by atoms with Crippen molar-refractivity contribution in [3.05, 3.63) is 58.0 Å². The van der Waals surface area contributed by atoms with E-state index in [1.165, 1.54) is 11.3 Å². The van der Waals surface area contributed by atoms with E-state index in [2.05, 4.69) is 18.2 Å². The van der Waals surface area contributed by atoms with Crippen LogP contribution in [0, 0.1) is 0 Å². The van der Waals surface area contributed by atoms with E-state index < -0.39 is 0 Å². The molecule has 0 saturated carbocycles. The second-order valence-electron chi connectivity index (χ2n) is 4.91. The third-order valence-electron chi connectivity index (χ3n) is 3.57. The second kappa shape index (κ2) is 5.75. The summed E-state index contributed by atoms with van der Waals surface area (Å²) in [4.78, 5) is 13.0. The number of hydrogen-bond donors (Lipinski definition) is 0. The number of thioether (sulfide) groups is 1. The summed E-state index contributed by atoms with van der Waals surface area (Å²) in [6.07, 6.45) is 2.11. The van der Waals surface area contributed by atoms with Crippen molar-refractivity contribution in [2.24, 2.45) is 0 Å². The highest BCUT2D eigenvalue weighted by Crippen LogP contribution is 2.25. The molecule has 2 heterocycles. The zero-order chi connectivity index (χ0) is 13.9. The summed E-state index contributed by atoms with van der Waals surface area (Å²) < 4.78 is 7.03. The van der Waals surface area contributed by atoms with Gasteiger partial charge in [-0.05, 0) is 36.6 Å². The van der Waals surface area contributed by atoms with Gasteiger partial charge in [-0.3, -0.25) is 4.79 Å². The smallest absolute Gasteiger partial charge is 0.251 e. The predicted octanol–water partition coefficient (Wildman–Crippen LogP) is 3.10. The highest BCUT2D eigenvalue weighted by Gasteiger charge is 2.12. The molecule has 0 saturated heterocycles. The number of benzene rings is 1. The molecule has 104 valence electrons. The average molecular weight is 287 g/mol. The van der Waals surface area contributed by atoms with Gasteiger partial charge in [-0.2, -0.15) is 0 Å². The van der Waals surface area contributed by atoms with Gasteiger partial charge in [0.15, 0.2) is 0 Å². The largest absolute Gasteiger partial charge is 0.497 e. The maximum absolute atomic E-state index is 12.0. The Morgan fingerprint density at radius 1 is 1.25 bits per heavy atom. The van der Waals surface area contributed by atoms with Crippen LogP contribution in [0.5, 0.6) is 5.75 Å². The van der Waals surface area contributed by atoms with Crippen molar-refractivity contribution >= 4 is 11.8 Å². The van der Waals surface area contributed by atoms with Gasteiger partial charge in [-0.15, -0.1) is 11.8 Å². The molecule has 0 fully saturated rings. The molecule has 1 aromatic heterocycles. The number of rotatable bonds is 4. The lowest BCUT2D eigenvalue weighted by Gasteiger charge is -2.07. The SMILES string of the molecule is COc1ccc(CSc2cc3n(c(=O)c2)CCC3)cc1. The number of hydrogen-bond acceptors (Lipinski definition) is 3. The second-order valence-corrected chi connectivity index (χ2v) is 5.96. The summed E-state index contributed by atoms with van der Waals surface area (Å²) in [6.45, 7) is 0.873. The molecular formula is C16H17NO2S. The molecule has 4 heteroatoms. The number of nitrogens with zero attached hydrogens (tertiary/aromatic N) is 1. The van der Waals surface area contributed by atoms with Crippen LogP contribution in [0.25, 0.3) is 0 Å². The van der Waals surface area contributed by atoms with Crippen LogP contribution in [0.4, 0.5) is 0 Å². The molecule has 0 N–H and O–H groups in total. The lowest BCUT2D eigenvalue weighted by atomic mass is 10.2. The fraction of sp³-hybridized carbons (Fsp3) is 0.312. The van der Waals surface area contributed by atoms with Crippen LogP contribution in [0.3, 0.4) is 0 Å². The third-order valence-corrected chi connectivity index (χ3v) is 4.61. The van der Waals surface area contributed by atoms with Crippen molar-refractivity contribution in [1.82, 2.24) is 4.57 Å². The van der Waals surface area contributed by atoms with E-state index in [9.17, 15) is 4.79 Å². The summed E-state index contributed by atoms with van der Waals surface area (Å²) in [7, 11) is 1.67. The van der Waals surface area contributed by atoms with Gasteiger partial charge >= 0.3 is 0 Å². The third kappa shape index (κ3) is 2.75. The molecule has 0 amide bonds. The van der Waals surface area contributed by atoms with Crippen molar-refractivity contribution in [2.75, 3.05) is 7.11 Å². The minimum absolute atomic E-state index is 0.136. The first-order valence-corrected chi connectivity index (χ1v) is 7.74. The lowest BCUT2D eigenvalue weighted by Crippen LogP contribution is -2.18. The minimum atomic E-state index is 0.136. The number of aromatic nitrogens is 1. The zero-order valence-corrected chi connectivity index (χ0v) is 12.3. The Labute approximate surface area is 122 Å². The van der Waals surface area contributed by atoms with Gasteiger partial charge in [0.25, 0.3) is 5.56 Å². The first kappa shape index (κ1) is 13.3. The van der Waals surface area contributed by atoms with E-state index in [-0.39, 0.29) is 5.56 Å². The molecule has 0 atom stereocenters. The van der Waals surface area contributed by atoms with Crippen molar-refractivity contribution in [2.45, 2.75) is 30.0 Å². The summed E-state index contributed by atoms with van der Waals surface area (Å²) in [6, 6.07) is 12.0. The zero-order valence-electron chi connectivity index (χ0n) is 11.5. The van der Waals surface area contributed by atoms with Crippen LogP contribution in [-0.2, 0) is 18.7 Å². The maximum Gasteiger partial charge on any atom is 0.251 e. The molecule has 3 rings (SSSR count). The van der Waals surface area contributed by atoms with Crippen LogP contribution in [-0.4, -0.2) is 11.7 Å². The number of fused-ring (bicyclic) bond motifs is 1. The van der Waals surface area contributed by atoms with E-state index in [4.69, 9.17) is 4.74 Å². The number of ether oxygens (including phenoxy) is 1. The molecule has 1 aliphatic rings. The molecule has 0 radical (unpaired) electrons. The van der Waals surface area contributed by atoms with Crippen LogP contribution in [0.15, 0.2) is 46.1 Å². The Morgan fingerprint density at radius 3 is 2.80 bits per heavy atom. The molecule has 3 nitrogen and oxygen atoms in total. The van der Waals surface area contributed by atoms with Gasteiger partial charge < -0.3 is 9.30 Å². The fourth-order valence-corrected chi connectivity index (χ4v) is 3.41. The Bertz CT molecular complexity index is 661. The summed E-state index contributed by atoms with van der Waals surface area (Å²) in [5, 5.41) is 0. The molecule has 0 bridgehead atoms. The van der Waals surface area contributed by atoms with Gasteiger partial charge in [0.2, 0.25) is 0 Å². The van der Waals surface area contributed by atoms with Crippen molar-refractivity contribution in [3.8, 4) is 5.75 Å². The van der Waals surface area contributed by atoms with Gasteiger partial charge in [0, 0.05) is 29.0 Å². The molecule has 20 heavy (non-hydrogen) atoms. The van der Waals surface area contributed by atoms with Crippen LogP contribution < -0.4 is 10.3 Å². The Balaban J connectivity index is 1.72. The van der Waals surface area contributed by atoms with Crippen LogP contribution in [0.1, 0.15) is 17.7 Å². The number of methoxy groups -OCH3 is 1. The number of aryl methyl sites for hydroxylation is 1. The summed E-state index contributed by atoms with van der Waals surface area (Å²) >= 11 is 1.71. The van der Waals surface area contributed by atoms with E-state index in [1.54, 1.807) is 24.9 Å². The van der Waals surface area contributed by atoms with Crippen molar-refractivity contribution < 1.29 is 4.74 Å². The molecule has 1 aromatic carbocycles. The lowest BCUT2D eigenvalue weighted by molar-refractivity contribution is 0.414. The monoisotopic (exact) mass is 287 g/mol. The van der Waals surface area contributed by atoms with Gasteiger partial charge in [0.1, 0.15) is 5.75 Å². The standard InChI is InChI=1S/C16H17NO2S/c1-19-14-6-4-12(5-7-14)11-20-15-9-13-3-2-8-17(13)16(18)10-15/h4-7,9-10H,2-3,8,11H2,1H3. The summed E-state index contributed by atoms with van der Waals surface area (Å²) in [5.74, 6) is 1.74. The van der Waals surface area contributed by atoms with Crippen LogP contribution >= 0.6 is 11.8 Å².